The van der Waals surface area contributed by atoms with Crippen LogP contribution < -0.4 is 5.32 Å². The van der Waals surface area contributed by atoms with Crippen molar-refractivity contribution in [1.82, 2.24) is 10.2 Å². The molecule has 20 heavy (non-hydrogen) atoms. The van der Waals surface area contributed by atoms with E-state index in [0.29, 0.717) is 19.5 Å². The molecule has 1 aliphatic rings. The van der Waals surface area contributed by atoms with Crippen molar-refractivity contribution in [1.29, 1.82) is 0 Å². The van der Waals surface area contributed by atoms with Crippen LogP contribution >= 0.6 is 0 Å². The summed E-state index contributed by atoms with van der Waals surface area (Å²) >= 11 is 0. The summed E-state index contributed by atoms with van der Waals surface area (Å²) in [5, 5.41) is 1.81. The van der Waals surface area contributed by atoms with Gasteiger partial charge in [0.25, 0.3) is 0 Å². The van der Waals surface area contributed by atoms with Crippen LogP contribution in [0.4, 0.5) is 18.0 Å². The standard InChI is InChI=1S/C12H19F3N2O3/c1-11(2,3)20-10(19)17-6-8(7-17)4-5-16-9(18)12(13,14)15/h8H,4-7H2,1-3H3,(H,16,18). The number of nitrogens with one attached hydrogen (secondary N) is 1. The van der Waals surface area contributed by atoms with Crippen LogP contribution in [0.25, 0.3) is 0 Å². The first kappa shape index (κ1) is 16.6. The maximum absolute atomic E-state index is 11.9. The van der Waals surface area contributed by atoms with Gasteiger partial charge < -0.3 is 15.0 Å². The second-order valence-corrected chi connectivity index (χ2v) is 5.79. The number of amides is 2. The minimum absolute atomic E-state index is 0.0504. The van der Waals surface area contributed by atoms with E-state index in [0.717, 1.165) is 0 Å². The van der Waals surface area contributed by atoms with Crippen LogP contribution in [-0.4, -0.2) is 48.3 Å². The highest BCUT2D eigenvalue weighted by Crippen LogP contribution is 2.22. The Balaban J connectivity index is 2.17. The van der Waals surface area contributed by atoms with Crippen molar-refractivity contribution < 1.29 is 27.5 Å². The lowest BCUT2D eigenvalue weighted by atomic mass is 9.97. The second kappa shape index (κ2) is 5.88. The van der Waals surface area contributed by atoms with Crippen molar-refractivity contribution in [2.24, 2.45) is 5.92 Å². The number of nitrogens with zero attached hydrogens (tertiary/aromatic N) is 1. The molecule has 0 atom stereocenters. The Morgan fingerprint density at radius 2 is 1.80 bits per heavy atom. The minimum Gasteiger partial charge on any atom is -0.444 e. The van der Waals surface area contributed by atoms with Crippen LogP contribution in [0.3, 0.4) is 0 Å². The number of likely N-dealkylation sites (tertiary alicyclic amines) is 1. The van der Waals surface area contributed by atoms with Crippen LogP contribution in [0.15, 0.2) is 0 Å². The lowest BCUT2D eigenvalue weighted by Gasteiger charge is -2.39. The minimum atomic E-state index is -4.85. The molecule has 5 nitrogen and oxygen atoms in total. The number of hydrogen-bond donors (Lipinski definition) is 1. The summed E-state index contributed by atoms with van der Waals surface area (Å²) < 4.78 is 40.9. The molecule has 8 heteroatoms. The monoisotopic (exact) mass is 296 g/mol. The highest BCUT2D eigenvalue weighted by Gasteiger charge is 2.39. The third-order valence-corrected chi connectivity index (χ3v) is 2.70. The number of halogens is 3. The first-order valence-electron chi connectivity index (χ1n) is 6.32. The second-order valence-electron chi connectivity index (χ2n) is 5.79. The van der Waals surface area contributed by atoms with Crippen LogP contribution in [0.1, 0.15) is 27.2 Å². The summed E-state index contributed by atoms with van der Waals surface area (Å²) in [4.78, 5) is 23.6. The molecule has 0 aromatic rings. The smallest absolute Gasteiger partial charge is 0.444 e. The zero-order valence-electron chi connectivity index (χ0n) is 11.7. The molecule has 0 spiro atoms. The van der Waals surface area contributed by atoms with Crippen molar-refractivity contribution in [2.45, 2.75) is 39.0 Å². The van der Waals surface area contributed by atoms with Gasteiger partial charge in [-0.25, -0.2) is 4.79 Å². The van der Waals surface area contributed by atoms with Gasteiger partial charge in [-0.2, -0.15) is 13.2 Å². The molecule has 1 fully saturated rings. The summed E-state index contributed by atoms with van der Waals surface area (Å²) in [6, 6.07) is 0. The number of rotatable bonds is 3. The van der Waals surface area contributed by atoms with Gasteiger partial charge in [0.2, 0.25) is 0 Å². The van der Waals surface area contributed by atoms with Gasteiger partial charge in [0.05, 0.1) is 0 Å². The average Bonchev–Trinajstić information content (AvgIpc) is 2.16. The predicted molar refractivity (Wildman–Crippen MR) is 65.0 cm³/mol. The zero-order valence-corrected chi connectivity index (χ0v) is 11.7. The molecule has 0 saturated carbocycles. The van der Waals surface area contributed by atoms with E-state index in [-0.39, 0.29) is 12.5 Å². The zero-order chi connectivity index (χ0) is 15.6. The summed E-state index contributed by atoms with van der Waals surface area (Å²) in [6.45, 7) is 6.11. The fourth-order valence-electron chi connectivity index (χ4n) is 1.72. The quantitative estimate of drug-likeness (QED) is 0.865. The number of alkyl halides is 3. The summed E-state index contributed by atoms with van der Waals surface area (Å²) in [6.07, 6.45) is -4.86. The van der Waals surface area contributed by atoms with E-state index in [2.05, 4.69) is 0 Å². The number of carbonyl (C=O) groups is 2. The number of hydrogen-bond acceptors (Lipinski definition) is 3. The normalized spacial score (nSPS) is 16.6. The Labute approximate surface area is 115 Å². The van der Waals surface area contributed by atoms with Gasteiger partial charge in [-0.05, 0) is 33.1 Å². The van der Waals surface area contributed by atoms with E-state index in [9.17, 15) is 22.8 Å². The molecule has 1 rings (SSSR count). The highest BCUT2D eigenvalue weighted by molar-refractivity contribution is 5.81. The van der Waals surface area contributed by atoms with Crippen LogP contribution in [0, 0.1) is 5.92 Å². The maximum atomic E-state index is 11.9. The van der Waals surface area contributed by atoms with Crippen LogP contribution in [0.5, 0.6) is 0 Å². The first-order valence-corrected chi connectivity index (χ1v) is 6.32. The van der Waals surface area contributed by atoms with E-state index < -0.39 is 23.8 Å². The van der Waals surface area contributed by atoms with Gasteiger partial charge in [0.1, 0.15) is 5.60 Å². The van der Waals surface area contributed by atoms with Gasteiger partial charge >= 0.3 is 18.2 Å². The molecule has 2 amide bonds. The molecule has 1 N–H and O–H groups in total. The number of carbonyl (C=O) groups excluding carboxylic acids is 2. The van der Waals surface area contributed by atoms with E-state index in [4.69, 9.17) is 4.74 Å². The molecule has 116 valence electrons. The Morgan fingerprint density at radius 1 is 1.25 bits per heavy atom. The van der Waals surface area contributed by atoms with E-state index in [1.165, 1.54) is 4.90 Å². The summed E-state index contributed by atoms with van der Waals surface area (Å²) in [7, 11) is 0. The van der Waals surface area contributed by atoms with Crippen molar-refractivity contribution in [3.8, 4) is 0 Å². The van der Waals surface area contributed by atoms with Gasteiger partial charge in [-0.15, -0.1) is 0 Å². The number of ether oxygens (including phenoxy) is 1. The molecule has 1 saturated heterocycles. The van der Waals surface area contributed by atoms with E-state index >= 15 is 0 Å². The highest BCUT2D eigenvalue weighted by atomic mass is 19.4. The van der Waals surface area contributed by atoms with Crippen molar-refractivity contribution in [2.75, 3.05) is 19.6 Å². The third-order valence-electron chi connectivity index (χ3n) is 2.70. The molecule has 0 radical (unpaired) electrons. The van der Waals surface area contributed by atoms with Crippen molar-refractivity contribution in [3.05, 3.63) is 0 Å². The predicted octanol–water partition coefficient (Wildman–Crippen LogP) is 1.92. The molecule has 0 aromatic heterocycles. The first-order chi connectivity index (χ1) is 8.99. The van der Waals surface area contributed by atoms with Crippen LogP contribution in [0.2, 0.25) is 0 Å². The Hall–Kier alpha value is -1.47. The largest absolute Gasteiger partial charge is 0.471 e. The third kappa shape index (κ3) is 5.26. The Bertz CT molecular complexity index is 371. The lowest BCUT2D eigenvalue weighted by Crippen LogP contribution is -2.52. The van der Waals surface area contributed by atoms with E-state index in [1.807, 2.05) is 0 Å². The van der Waals surface area contributed by atoms with E-state index in [1.54, 1.807) is 26.1 Å². The maximum Gasteiger partial charge on any atom is 0.471 e. The molecule has 0 aliphatic carbocycles. The van der Waals surface area contributed by atoms with Gasteiger partial charge in [-0.1, -0.05) is 0 Å². The molecule has 0 unspecified atom stereocenters. The fourth-order valence-corrected chi connectivity index (χ4v) is 1.72. The lowest BCUT2D eigenvalue weighted by molar-refractivity contribution is -0.173. The fraction of sp³-hybridized carbons (Fsp3) is 0.833. The van der Waals surface area contributed by atoms with Gasteiger partial charge in [-0.3, -0.25) is 4.79 Å². The average molecular weight is 296 g/mol. The molecular weight excluding hydrogens is 277 g/mol. The van der Waals surface area contributed by atoms with Crippen LogP contribution in [-0.2, 0) is 9.53 Å². The van der Waals surface area contributed by atoms with Crippen molar-refractivity contribution in [3.63, 3.8) is 0 Å². The van der Waals surface area contributed by atoms with Gasteiger partial charge in [0.15, 0.2) is 0 Å². The molecule has 1 aliphatic heterocycles. The summed E-state index contributed by atoms with van der Waals surface area (Å²) in [5.41, 5.74) is -0.567. The molecule has 0 bridgehead atoms. The van der Waals surface area contributed by atoms with Gasteiger partial charge in [0, 0.05) is 19.6 Å². The molecule has 1 heterocycles. The Morgan fingerprint density at radius 3 is 2.25 bits per heavy atom. The molecule has 0 aromatic carbocycles. The SMILES string of the molecule is CC(C)(C)OC(=O)N1CC(CCNC(=O)C(F)(F)F)C1. The topological polar surface area (TPSA) is 58.6 Å². The summed E-state index contributed by atoms with van der Waals surface area (Å²) in [5.74, 6) is -1.84. The molecular formula is C12H19F3N2O3. The van der Waals surface area contributed by atoms with Crippen molar-refractivity contribution >= 4 is 12.0 Å². The Kier molecular flexibility index (Phi) is 4.88.